The Morgan fingerprint density at radius 3 is 2.70 bits per heavy atom. The number of para-hydroxylation sites is 1. The molecule has 0 radical (unpaired) electrons. The molecular weight excluding hydrogens is 250 g/mol. The molecule has 1 N–H and O–H groups in total. The van der Waals surface area contributed by atoms with Crippen LogP contribution >= 0.6 is 0 Å². The lowest BCUT2D eigenvalue weighted by molar-refractivity contribution is -0.117. The van der Waals surface area contributed by atoms with Gasteiger partial charge in [0.05, 0.1) is 0 Å². The van der Waals surface area contributed by atoms with Crippen molar-refractivity contribution in [1.29, 1.82) is 0 Å². The molecule has 1 aliphatic rings. The minimum Gasteiger partial charge on any atom is -0.358 e. The van der Waals surface area contributed by atoms with E-state index < -0.39 is 0 Å². The number of nitrogens with zero attached hydrogens (tertiary/aromatic N) is 2. The van der Waals surface area contributed by atoms with Gasteiger partial charge in [0.2, 0.25) is 5.91 Å². The number of anilines is 2. The number of carbonyl (C=O) groups excluding carboxylic acids is 1. The van der Waals surface area contributed by atoms with Crippen molar-refractivity contribution in [3.8, 4) is 0 Å². The maximum Gasteiger partial charge on any atom is 0.249 e. The zero-order valence-electron chi connectivity index (χ0n) is 11.4. The van der Waals surface area contributed by atoms with Gasteiger partial charge in [-0.05, 0) is 37.6 Å². The van der Waals surface area contributed by atoms with Gasteiger partial charge in [0.25, 0.3) is 0 Å². The van der Waals surface area contributed by atoms with Crippen LogP contribution in [0.4, 0.5) is 11.5 Å². The van der Waals surface area contributed by atoms with E-state index in [9.17, 15) is 4.79 Å². The van der Waals surface area contributed by atoms with Gasteiger partial charge in [-0.1, -0.05) is 24.3 Å². The summed E-state index contributed by atoms with van der Waals surface area (Å²) in [5.41, 5.74) is 1.90. The van der Waals surface area contributed by atoms with Gasteiger partial charge in [0.15, 0.2) is 0 Å². The first-order valence-electron chi connectivity index (χ1n) is 6.81. The van der Waals surface area contributed by atoms with Gasteiger partial charge >= 0.3 is 0 Å². The number of amides is 1. The van der Waals surface area contributed by atoms with Gasteiger partial charge in [0.1, 0.15) is 11.9 Å². The molecule has 0 spiro atoms. The summed E-state index contributed by atoms with van der Waals surface area (Å²) in [6.07, 6.45) is 0.795. The zero-order chi connectivity index (χ0) is 13.9. The van der Waals surface area contributed by atoms with Crippen molar-refractivity contribution in [2.75, 3.05) is 16.8 Å². The molecule has 20 heavy (non-hydrogen) atoms. The van der Waals surface area contributed by atoms with Crippen molar-refractivity contribution in [3.05, 3.63) is 54.2 Å². The van der Waals surface area contributed by atoms with Crippen molar-refractivity contribution in [1.82, 2.24) is 4.98 Å². The summed E-state index contributed by atoms with van der Waals surface area (Å²) in [5.74, 6) is 0.873. The molecule has 4 nitrogen and oxygen atoms in total. The lowest BCUT2D eigenvalue weighted by atomic mass is 10.2. The smallest absolute Gasteiger partial charge is 0.249 e. The van der Waals surface area contributed by atoms with Crippen LogP contribution in [-0.4, -0.2) is 23.5 Å². The van der Waals surface area contributed by atoms with Crippen LogP contribution in [0.25, 0.3) is 0 Å². The minimum absolute atomic E-state index is 0.111. The number of hydrogen-bond acceptors (Lipinski definition) is 3. The Hall–Kier alpha value is -2.36. The lowest BCUT2D eigenvalue weighted by Gasteiger charge is -2.17. The Balaban J connectivity index is 1.73. The Morgan fingerprint density at radius 1 is 1.15 bits per heavy atom. The largest absolute Gasteiger partial charge is 0.358 e. The van der Waals surface area contributed by atoms with Crippen molar-refractivity contribution < 1.29 is 4.79 Å². The predicted octanol–water partition coefficient (Wildman–Crippen LogP) is 2.61. The summed E-state index contributed by atoms with van der Waals surface area (Å²) in [4.78, 5) is 18.6. The summed E-state index contributed by atoms with van der Waals surface area (Å²) in [6, 6.07) is 15.4. The molecule has 1 unspecified atom stereocenters. The molecule has 1 aliphatic heterocycles. The maximum absolute atomic E-state index is 12.4. The van der Waals surface area contributed by atoms with Crippen LogP contribution in [-0.2, 0) is 4.79 Å². The van der Waals surface area contributed by atoms with E-state index in [1.165, 1.54) is 0 Å². The monoisotopic (exact) mass is 267 g/mol. The van der Waals surface area contributed by atoms with Crippen LogP contribution in [0.5, 0.6) is 0 Å². The molecule has 1 amide bonds. The maximum atomic E-state index is 12.4. The molecule has 3 rings (SSSR count). The van der Waals surface area contributed by atoms with E-state index in [4.69, 9.17) is 0 Å². The average Bonchev–Trinajstić information content (AvgIpc) is 2.81. The topological polar surface area (TPSA) is 45.2 Å². The van der Waals surface area contributed by atoms with Crippen LogP contribution in [0.2, 0.25) is 0 Å². The first-order chi connectivity index (χ1) is 9.74. The lowest BCUT2D eigenvalue weighted by Crippen LogP contribution is -2.33. The van der Waals surface area contributed by atoms with Crippen LogP contribution in [0.3, 0.4) is 0 Å². The van der Waals surface area contributed by atoms with Gasteiger partial charge in [0, 0.05) is 17.9 Å². The molecule has 0 bridgehead atoms. The van der Waals surface area contributed by atoms with Crippen molar-refractivity contribution >= 4 is 17.4 Å². The number of hydrogen-bond donors (Lipinski definition) is 1. The van der Waals surface area contributed by atoms with Crippen LogP contribution in [0.1, 0.15) is 12.1 Å². The van der Waals surface area contributed by atoms with Crippen molar-refractivity contribution in [2.45, 2.75) is 19.4 Å². The predicted molar refractivity (Wildman–Crippen MR) is 79.8 cm³/mol. The molecular formula is C16H17N3O. The van der Waals surface area contributed by atoms with E-state index in [2.05, 4.69) is 10.3 Å². The summed E-state index contributed by atoms with van der Waals surface area (Å²) in [5, 5.41) is 3.23. The fraction of sp³-hybridized carbons (Fsp3) is 0.250. The van der Waals surface area contributed by atoms with E-state index in [0.717, 1.165) is 30.2 Å². The number of nitrogens with one attached hydrogen (secondary N) is 1. The normalized spacial score (nSPS) is 18.4. The van der Waals surface area contributed by atoms with Gasteiger partial charge in [-0.15, -0.1) is 0 Å². The number of pyridine rings is 1. The quantitative estimate of drug-likeness (QED) is 0.929. The van der Waals surface area contributed by atoms with Crippen LogP contribution in [0.15, 0.2) is 48.5 Å². The van der Waals surface area contributed by atoms with Gasteiger partial charge < -0.3 is 10.2 Å². The molecule has 102 valence electrons. The summed E-state index contributed by atoms with van der Waals surface area (Å²) < 4.78 is 0. The molecule has 1 aromatic carbocycles. The third-order valence-corrected chi connectivity index (χ3v) is 3.48. The number of benzene rings is 1. The minimum atomic E-state index is -0.190. The first-order valence-corrected chi connectivity index (χ1v) is 6.81. The molecule has 0 saturated carbocycles. The number of aromatic nitrogens is 1. The van der Waals surface area contributed by atoms with E-state index >= 15 is 0 Å². The molecule has 1 saturated heterocycles. The number of carbonyl (C=O) groups is 1. The summed E-state index contributed by atoms with van der Waals surface area (Å²) in [6.45, 7) is 2.68. The number of aryl methyl sites for hydroxylation is 1. The van der Waals surface area contributed by atoms with E-state index in [1.54, 1.807) is 0 Å². The Morgan fingerprint density at radius 2 is 1.95 bits per heavy atom. The highest BCUT2D eigenvalue weighted by molar-refractivity contribution is 6.00. The van der Waals surface area contributed by atoms with E-state index in [1.807, 2.05) is 60.4 Å². The van der Waals surface area contributed by atoms with Crippen LogP contribution < -0.4 is 10.2 Å². The highest BCUT2D eigenvalue weighted by atomic mass is 16.2. The molecule has 2 heterocycles. The standard InChI is InChI=1S/C16H17N3O/c1-12-6-5-9-15(17-12)18-14-10-11-19(16(14)20)13-7-3-2-4-8-13/h2-9,14H,10-11H2,1H3,(H,17,18). The van der Waals surface area contributed by atoms with Crippen molar-refractivity contribution in [2.24, 2.45) is 0 Å². The number of rotatable bonds is 3. The summed E-state index contributed by atoms with van der Waals surface area (Å²) >= 11 is 0. The van der Waals surface area contributed by atoms with Gasteiger partial charge in [-0.2, -0.15) is 0 Å². The first kappa shape index (κ1) is 12.7. The third kappa shape index (κ3) is 2.50. The van der Waals surface area contributed by atoms with E-state index in [0.29, 0.717) is 0 Å². The Labute approximate surface area is 118 Å². The molecule has 4 heteroatoms. The fourth-order valence-corrected chi connectivity index (χ4v) is 2.48. The highest BCUT2D eigenvalue weighted by Gasteiger charge is 2.32. The molecule has 1 atom stereocenters. The molecule has 2 aromatic rings. The average molecular weight is 267 g/mol. The van der Waals surface area contributed by atoms with E-state index in [-0.39, 0.29) is 11.9 Å². The third-order valence-electron chi connectivity index (χ3n) is 3.48. The molecule has 1 fully saturated rings. The Bertz CT molecular complexity index is 612. The molecule has 1 aromatic heterocycles. The van der Waals surface area contributed by atoms with Gasteiger partial charge in [-0.25, -0.2) is 4.98 Å². The zero-order valence-corrected chi connectivity index (χ0v) is 11.4. The SMILES string of the molecule is Cc1cccc(NC2CCN(c3ccccc3)C2=O)n1. The second-order valence-corrected chi connectivity index (χ2v) is 4.98. The second kappa shape index (κ2) is 5.33. The second-order valence-electron chi connectivity index (χ2n) is 4.98. The Kier molecular flexibility index (Phi) is 3.37. The van der Waals surface area contributed by atoms with Gasteiger partial charge in [-0.3, -0.25) is 4.79 Å². The fourth-order valence-electron chi connectivity index (χ4n) is 2.48. The highest BCUT2D eigenvalue weighted by Crippen LogP contribution is 2.22. The van der Waals surface area contributed by atoms with Crippen molar-refractivity contribution in [3.63, 3.8) is 0 Å². The summed E-state index contributed by atoms with van der Waals surface area (Å²) in [7, 11) is 0. The van der Waals surface area contributed by atoms with Crippen LogP contribution in [0, 0.1) is 6.92 Å². The molecule has 0 aliphatic carbocycles.